The Hall–Kier alpha value is -1.59. The Labute approximate surface area is 120 Å². The summed E-state index contributed by atoms with van der Waals surface area (Å²) in [5.74, 6) is -0.0103. The Morgan fingerprint density at radius 2 is 2.05 bits per heavy atom. The Morgan fingerprint density at radius 1 is 1.35 bits per heavy atom. The van der Waals surface area contributed by atoms with Gasteiger partial charge in [-0.05, 0) is 31.5 Å². The van der Waals surface area contributed by atoms with Gasteiger partial charge in [-0.2, -0.15) is 0 Å². The normalized spacial score (nSPS) is 12.2. The van der Waals surface area contributed by atoms with Crippen LogP contribution < -0.4 is 0 Å². The maximum Gasteiger partial charge on any atom is 0.254 e. The first-order valence-electron chi connectivity index (χ1n) is 6.59. The fraction of sp³-hybridized carbons (Fsp3) is 0.533. The predicted octanol–water partition coefficient (Wildman–Crippen LogP) is 1.82. The summed E-state index contributed by atoms with van der Waals surface area (Å²) in [6, 6.07) is 4.89. The van der Waals surface area contributed by atoms with Crippen molar-refractivity contribution in [2.75, 3.05) is 34.0 Å². The molecule has 1 rings (SSSR count). The maximum atomic E-state index is 12.5. The molecule has 1 N–H and O–H groups in total. The number of nitrogens with zero attached hydrogens (tertiary/aromatic N) is 1. The van der Waals surface area contributed by atoms with Crippen molar-refractivity contribution < 1.29 is 19.4 Å². The summed E-state index contributed by atoms with van der Waals surface area (Å²) in [6.07, 6.45) is 0. The lowest BCUT2D eigenvalue weighted by molar-refractivity contribution is 0.0479. The highest BCUT2D eigenvalue weighted by Crippen LogP contribution is 2.19. The molecule has 5 nitrogen and oxygen atoms in total. The first-order valence-corrected chi connectivity index (χ1v) is 6.59. The Kier molecular flexibility index (Phi) is 6.48. The number of ether oxygens (including phenoxy) is 2. The molecule has 112 valence electrons. The van der Waals surface area contributed by atoms with Gasteiger partial charge in [0.05, 0.1) is 19.3 Å². The number of carbonyl (C=O) groups is 1. The predicted molar refractivity (Wildman–Crippen MR) is 77.1 cm³/mol. The SMILES string of the molecule is COCCN(C(=O)c1ccc(C)c(O)c1)C(C)COC. The summed E-state index contributed by atoms with van der Waals surface area (Å²) >= 11 is 0. The number of hydrogen-bond donors (Lipinski definition) is 1. The minimum atomic E-state index is -0.137. The first-order chi connectivity index (χ1) is 9.51. The highest BCUT2D eigenvalue weighted by atomic mass is 16.5. The molecular weight excluding hydrogens is 258 g/mol. The van der Waals surface area contributed by atoms with Crippen LogP contribution in [-0.2, 0) is 9.47 Å². The molecule has 0 aliphatic rings. The average molecular weight is 281 g/mol. The fourth-order valence-electron chi connectivity index (χ4n) is 1.95. The van der Waals surface area contributed by atoms with Crippen LogP contribution in [0.25, 0.3) is 0 Å². The van der Waals surface area contributed by atoms with Crippen molar-refractivity contribution in [3.05, 3.63) is 29.3 Å². The van der Waals surface area contributed by atoms with Crippen LogP contribution in [0.5, 0.6) is 5.75 Å². The topological polar surface area (TPSA) is 59.0 Å². The third-order valence-electron chi connectivity index (χ3n) is 3.19. The van der Waals surface area contributed by atoms with Gasteiger partial charge in [0.2, 0.25) is 0 Å². The van der Waals surface area contributed by atoms with E-state index in [2.05, 4.69) is 0 Å². The van der Waals surface area contributed by atoms with E-state index in [4.69, 9.17) is 9.47 Å². The van der Waals surface area contributed by atoms with Crippen LogP contribution in [0.3, 0.4) is 0 Å². The third-order valence-corrected chi connectivity index (χ3v) is 3.19. The molecule has 0 saturated heterocycles. The highest BCUT2D eigenvalue weighted by Gasteiger charge is 2.21. The molecule has 0 radical (unpaired) electrons. The number of rotatable bonds is 7. The van der Waals surface area contributed by atoms with Crippen molar-refractivity contribution in [3.8, 4) is 5.75 Å². The first kappa shape index (κ1) is 16.5. The van der Waals surface area contributed by atoms with Crippen LogP contribution in [-0.4, -0.2) is 55.9 Å². The lowest BCUT2D eigenvalue weighted by Crippen LogP contribution is -2.43. The molecule has 20 heavy (non-hydrogen) atoms. The second kappa shape index (κ2) is 7.87. The molecule has 1 unspecified atom stereocenters. The zero-order valence-electron chi connectivity index (χ0n) is 12.5. The number of phenols is 1. The molecule has 1 amide bonds. The van der Waals surface area contributed by atoms with Crippen molar-refractivity contribution in [2.45, 2.75) is 19.9 Å². The van der Waals surface area contributed by atoms with Crippen molar-refractivity contribution in [2.24, 2.45) is 0 Å². The number of amides is 1. The number of carbonyl (C=O) groups excluding carboxylic acids is 1. The van der Waals surface area contributed by atoms with E-state index in [1.807, 2.05) is 6.92 Å². The quantitative estimate of drug-likeness (QED) is 0.828. The molecule has 0 aliphatic heterocycles. The van der Waals surface area contributed by atoms with E-state index in [0.717, 1.165) is 5.56 Å². The molecule has 0 saturated carbocycles. The highest BCUT2D eigenvalue weighted by molar-refractivity contribution is 5.95. The van der Waals surface area contributed by atoms with Crippen LogP contribution in [0.1, 0.15) is 22.8 Å². The second-order valence-corrected chi connectivity index (χ2v) is 4.80. The fourth-order valence-corrected chi connectivity index (χ4v) is 1.95. The summed E-state index contributed by atoms with van der Waals surface area (Å²) in [5, 5.41) is 9.73. The zero-order valence-corrected chi connectivity index (χ0v) is 12.5. The number of aromatic hydroxyl groups is 1. The minimum absolute atomic E-state index is 0.0638. The summed E-state index contributed by atoms with van der Waals surface area (Å²) < 4.78 is 10.2. The number of phenolic OH excluding ortho intramolecular Hbond substituents is 1. The summed E-state index contributed by atoms with van der Waals surface area (Å²) in [7, 11) is 3.20. The van der Waals surface area contributed by atoms with Crippen LogP contribution >= 0.6 is 0 Å². The molecule has 0 aromatic heterocycles. The summed E-state index contributed by atoms with van der Waals surface area (Å²) in [5.41, 5.74) is 1.21. The molecule has 0 bridgehead atoms. The van der Waals surface area contributed by atoms with Crippen molar-refractivity contribution in [1.82, 2.24) is 4.90 Å². The number of aryl methyl sites for hydroxylation is 1. The van der Waals surface area contributed by atoms with Crippen molar-refractivity contribution in [3.63, 3.8) is 0 Å². The van der Waals surface area contributed by atoms with E-state index >= 15 is 0 Å². The Bertz CT molecular complexity index is 447. The minimum Gasteiger partial charge on any atom is -0.508 e. The lowest BCUT2D eigenvalue weighted by atomic mass is 10.1. The van der Waals surface area contributed by atoms with Gasteiger partial charge in [-0.1, -0.05) is 6.07 Å². The molecule has 1 atom stereocenters. The Balaban J connectivity index is 2.93. The van der Waals surface area contributed by atoms with Gasteiger partial charge >= 0.3 is 0 Å². The van der Waals surface area contributed by atoms with Crippen LogP contribution in [0.15, 0.2) is 18.2 Å². The second-order valence-electron chi connectivity index (χ2n) is 4.80. The van der Waals surface area contributed by atoms with E-state index < -0.39 is 0 Å². The van der Waals surface area contributed by atoms with Gasteiger partial charge < -0.3 is 19.5 Å². The van der Waals surface area contributed by atoms with E-state index in [-0.39, 0.29) is 17.7 Å². The molecular formula is C15H23NO4. The van der Waals surface area contributed by atoms with Crippen molar-refractivity contribution >= 4 is 5.91 Å². The van der Waals surface area contributed by atoms with E-state index in [1.54, 1.807) is 38.2 Å². The molecule has 1 aromatic carbocycles. The van der Waals surface area contributed by atoms with Gasteiger partial charge in [0.15, 0.2) is 0 Å². The maximum absolute atomic E-state index is 12.5. The van der Waals surface area contributed by atoms with Gasteiger partial charge in [0.1, 0.15) is 5.75 Å². The molecule has 0 spiro atoms. The Morgan fingerprint density at radius 3 is 2.60 bits per heavy atom. The van der Waals surface area contributed by atoms with Gasteiger partial charge in [-0.25, -0.2) is 0 Å². The molecule has 0 aliphatic carbocycles. The van der Waals surface area contributed by atoms with Crippen LogP contribution in [0.4, 0.5) is 0 Å². The number of hydrogen-bond acceptors (Lipinski definition) is 4. The van der Waals surface area contributed by atoms with Crippen molar-refractivity contribution in [1.29, 1.82) is 0 Å². The van der Waals surface area contributed by atoms with Gasteiger partial charge in [0.25, 0.3) is 5.91 Å². The lowest BCUT2D eigenvalue weighted by Gasteiger charge is -2.28. The standard InChI is InChI=1S/C15H23NO4/c1-11-5-6-13(9-14(11)17)15(18)16(7-8-19-3)12(2)10-20-4/h5-6,9,12,17H,7-8,10H2,1-4H3. The largest absolute Gasteiger partial charge is 0.508 e. The molecule has 0 fully saturated rings. The van der Waals surface area contributed by atoms with Gasteiger partial charge in [-0.3, -0.25) is 4.79 Å². The summed E-state index contributed by atoms with van der Waals surface area (Å²) in [6.45, 7) is 5.10. The smallest absolute Gasteiger partial charge is 0.254 e. The van der Waals surface area contributed by atoms with E-state index in [9.17, 15) is 9.90 Å². The molecule has 5 heteroatoms. The van der Waals surface area contributed by atoms with Crippen LogP contribution in [0, 0.1) is 6.92 Å². The number of benzene rings is 1. The van der Waals surface area contributed by atoms with E-state index in [0.29, 0.717) is 25.3 Å². The summed E-state index contributed by atoms with van der Waals surface area (Å²) in [4.78, 5) is 14.2. The average Bonchev–Trinajstić information content (AvgIpc) is 2.42. The van der Waals surface area contributed by atoms with Crippen LogP contribution in [0.2, 0.25) is 0 Å². The molecule has 1 aromatic rings. The monoisotopic (exact) mass is 281 g/mol. The molecule has 0 heterocycles. The van der Waals surface area contributed by atoms with E-state index in [1.165, 1.54) is 6.07 Å². The zero-order chi connectivity index (χ0) is 15.1. The number of methoxy groups -OCH3 is 2. The van der Waals surface area contributed by atoms with Gasteiger partial charge in [-0.15, -0.1) is 0 Å². The third kappa shape index (κ3) is 4.21. The van der Waals surface area contributed by atoms with Gasteiger partial charge in [0, 0.05) is 26.3 Å².